The summed E-state index contributed by atoms with van der Waals surface area (Å²) < 4.78 is 59.2. The fraction of sp³-hybridized carbons (Fsp3) is 0.929. The zero-order chi connectivity index (χ0) is 17.4. The van der Waals surface area contributed by atoms with Gasteiger partial charge < -0.3 is 0 Å². The fourth-order valence-electron chi connectivity index (χ4n) is 2.22. The third-order valence-electron chi connectivity index (χ3n) is 3.67. The highest BCUT2D eigenvalue weighted by Crippen LogP contribution is 2.25. The molecule has 0 radical (unpaired) electrons. The van der Waals surface area contributed by atoms with Gasteiger partial charge in [-0.15, -0.1) is 0 Å². The van der Waals surface area contributed by atoms with Crippen LogP contribution in [-0.4, -0.2) is 19.8 Å². The van der Waals surface area contributed by atoms with Crippen LogP contribution < -0.4 is 4.72 Å². The van der Waals surface area contributed by atoms with E-state index in [1.807, 2.05) is 13.8 Å². The molecule has 1 amide bonds. The van der Waals surface area contributed by atoms with Gasteiger partial charge in [-0.2, -0.15) is 21.6 Å². The summed E-state index contributed by atoms with van der Waals surface area (Å²) in [6.07, 6.45) is 5.43. The Labute approximate surface area is 130 Å². The third kappa shape index (κ3) is 8.00. The lowest BCUT2D eigenvalue weighted by Crippen LogP contribution is -2.40. The van der Waals surface area contributed by atoms with Gasteiger partial charge in [0.1, 0.15) is 0 Å². The van der Waals surface area contributed by atoms with Crippen molar-refractivity contribution in [2.45, 2.75) is 71.2 Å². The molecule has 0 bridgehead atoms. The Hall–Kier alpha value is -0.790. The number of alkyl halides is 3. The molecular formula is C14H26F3NO3S. The van der Waals surface area contributed by atoms with Crippen molar-refractivity contribution in [1.29, 1.82) is 0 Å². The number of hydrogen-bond acceptors (Lipinski definition) is 3. The zero-order valence-electron chi connectivity index (χ0n) is 13.4. The molecule has 0 saturated heterocycles. The van der Waals surface area contributed by atoms with Crippen LogP contribution >= 0.6 is 0 Å². The highest BCUT2D eigenvalue weighted by Gasteiger charge is 2.46. The molecule has 0 fully saturated rings. The molecule has 0 heterocycles. The number of carbonyl (C=O) groups excluding carboxylic acids is 1. The van der Waals surface area contributed by atoms with Gasteiger partial charge >= 0.3 is 15.5 Å². The molecule has 0 aromatic heterocycles. The van der Waals surface area contributed by atoms with Crippen molar-refractivity contribution < 1.29 is 26.4 Å². The number of halogens is 3. The molecule has 22 heavy (non-hydrogen) atoms. The quantitative estimate of drug-likeness (QED) is 0.609. The molecule has 1 unspecified atom stereocenters. The van der Waals surface area contributed by atoms with Gasteiger partial charge in [0.05, 0.1) is 0 Å². The van der Waals surface area contributed by atoms with Gasteiger partial charge in [0, 0.05) is 6.42 Å². The van der Waals surface area contributed by atoms with Crippen LogP contribution in [-0.2, 0) is 14.8 Å². The van der Waals surface area contributed by atoms with Crippen LogP contribution in [0.2, 0.25) is 0 Å². The minimum atomic E-state index is -5.59. The summed E-state index contributed by atoms with van der Waals surface area (Å²) in [6, 6.07) is 0. The van der Waals surface area contributed by atoms with Crippen LogP contribution in [0, 0.1) is 11.8 Å². The highest BCUT2D eigenvalue weighted by molar-refractivity contribution is 7.90. The first-order chi connectivity index (χ1) is 10.0. The molecule has 0 aliphatic carbocycles. The smallest absolute Gasteiger partial charge is 0.274 e. The predicted octanol–water partition coefficient (Wildman–Crippen LogP) is 3.98. The number of unbranched alkanes of at least 4 members (excludes halogenated alkanes) is 3. The van der Waals surface area contributed by atoms with E-state index in [9.17, 15) is 26.4 Å². The van der Waals surface area contributed by atoms with Gasteiger partial charge in [-0.1, -0.05) is 52.9 Å². The molecule has 8 heteroatoms. The summed E-state index contributed by atoms with van der Waals surface area (Å²) >= 11 is 0. The van der Waals surface area contributed by atoms with Gasteiger partial charge in [-0.05, 0) is 18.3 Å². The Bertz CT molecular complexity index is 433. The Balaban J connectivity index is 4.34. The molecule has 0 aromatic rings. The lowest BCUT2D eigenvalue weighted by molar-refractivity contribution is -0.120. The molecule has 4 nitrogen and oxygen atoms in total. The second-order valence-corrected chi connectivity index (χ2v) is 7.54. The second-order valence-electron chi connectivity index (χ2n) is 5.87. The zero-order valence-corrected chi connectivity index (χ0v) is 14.2. The fourth-order valence-corrected chi connectivity index (χ4v) is 2.74. The van der Waals surface area contributed by atoms with E-state index in [1.165, 1.54) is 0 Å². The van der Waals surface area contributed by atoms with Crippen molar-refractivity contribution in [3.05, 3.63) is 0 Å². The summed E-state index contributed by atoms with van der Waals surface area (Å²) in [6.45, 7) is 6.09. The maximum atomic E-state index is 12.2. The summed E-state index contributed by atoms with van der Waals surface area (Å²) in [4.78, 5) is 11.4. The van der Waals surface area contributed by atoms with E-state index >= 15 is 0 Å². The van der Waals surface area contributed by atoms with Crippen molar-refractivity contribution in [1.82, 2.24) is 4.72 Å². The van der Waals surface area contributed by atoms with E-state index in [-0.39, 0.29) is 12.3 Å². The average Bonchev–Trinajstić information content (AvgIpc) is 2.35. The number of hydrogen-bond donors (Lipinski definition) is 1. The lowest BCUT2D eigenvalue weighted by Gasteiger charge is -2.20. The molecule has 1 N–H and O–H groups in total. The van der Waals surface area contributed by atoms with Crippen molar-refractivity contribution in [3.8, 4) is 0 Å². The summed E-state index contributed by atoms with van der Waals surface area (Å²) in [5.74, 6) is -0.596. The average molecular weight is 345 g/mol. The Kier molecular flexibility index (Phi) is 9.04. The van der Waals surface area contributed by atoms with Crippen molar-refractivity contribution in [3.63, 3.8) is 0 Å². The maximum absolute atomic E-state index is 12.2. The SMILES string of the molecule is CCCCCCC(CCC(=O)NS(=O)(=O)C(F)(F)F)C(C)C. The predicted molar refractivity (Wildman–Crippen MR) is 79.4 cm³/mol. The van der Waals surface area contributed by atoms with Crippen LogP contribution in [0.15, 0.2) is 0 Å². The second kappa shape index (κ2) is 9.37. The normalized spacial score (nSPS) is 14.1. The molecule has 0 aliphatic rings. The van der Waals surface area contributed by atoms with Crippen LogP contribution in [0.25, 0.3) is 0 Å². The first-order valence-corrected chi connectivity index (χ1v) is 9.11. The van der Waals surface area contributed by atoms with Crippen LogP contribution in [0.5, 0.6) is 0 Å². The minimum Gasteiger partial charge on any atom is -0.274 e. The van der Waals surface area contributed by atoms with E-state index in [2.05, 4.69) is 6.92 Å². The lowest BCUT2D eigenvalue weighted by atomic mass is 9.86. The van der Waals surface area contributed by atoms with E-state index < -0.39 is 21.4 Å². The number of rotatable bonds is 10. The van der Waals surface area contributed by atoms with Gasteiger partial charge in [0.2, 0.25) is 5.91 Å². The van der Waals surface area contributed by atoms with Crippen molar-refractivity contribution in [2.75, 3.05) is 0 Å². The summed E-state index contributed by atoms with van der Waals surface area (Å²) in [7, 11) is -5.59. The van der Waals surface area contributed by atoms with E-state index in [1.54, 1.807) is 0 Å². The Morgan fingerprint density at radius 1 is 1.09 bits per heavy atom. The number of sulfonamides is 1. The number of amides is 1. The Morgan fingerprint density at radius 2 is 1.68 bits per heavy atom. The largest absolute Gasteiger partial charge is 0.516 e. The first-order valence-electron chi connectivity index (χ1n) is 7.63. The molecule has 0 aliphatic heterocycles. The van der Waals surface area contributed by atoms with Crippen molar-refractivity contribution >= 4 is 15.9 Å². The number of nitrogens with one attached hydrogen (secondary N) is 1. The molecule has 132 valence electrons. The minimum absolute atomic E-state index is 0.205. The third-order valence-corrected chi connectivity index (χ3v) is 4.77. The van der Waals surface area contributed by atoms with Crippen molar-refractivity contribution in [2.24, 2.45) is 11.8 Å². The molecule has 0 rings (SSSR count). The molecule has 0 aromatic carbocycles. The van der Waals surface area contributed by atoms with E-state index in [0.29, 0.717) is 12.3 Å². The van der Waals surface area contributed by atoms with Gasteiger partial charge in [0.15, 0.2) is 0 Å². The standard InChI is InChI=1S/C14H26F3NO3S/c1-4-5-6-7-8-12(11(2)3)9-10-13(19)18-22(20,21)14(15,16)17/h11-12H,4-10H2,1-3H3,(H,18,19). The number of carbonyl (C=O) groups is 1. The van der Waals surface area contributed by atoms with Crippen LogP contribution in [0.3, 0.4) is 0 Å². The first kappa shape index (κ1) is 21.2. The van der Waals surface area contributed by atoms with Crippen LogP contribution in [0.4, 0.5) is 13.2 Å². The maximum Gasteiger partial charge on any atom is 0.516 e. The van der Waals surface area contributed by atoms with Gasteiger partial charge in [-0.25, -0.2) is 4.72 Å². The van der Waals surface area contributed by atoms with Gasteiger partial charge in [0.25, 0.3) is 0 Å². The summed E-state index contributed by atoms with van der Waals surface area (Å²) in [5, 5.41) is 0. The molecule has 0 saturated carbocycles. The summed E-state index contributed by atoms with van der Waals surface area (Å²) in [5.41, 5.74) is -5.46. The molecular weight excluding hydrogens is 319 g/mol. The Morgan fingerprint density at radius 3 is 2.14 bits per heavy atom. The van der Waals surface area contributed by atoms with E-state index in [0.717, 1.165) is 36.8 Å². The van der Waals surface area contributed by atoms with E-state index in [4.69, 9.17) is 0 Å². The van der Waals surface area contributed by atoms with Crippen LogP contribution in [0.1, 0.15) is 65.7 Å². The van der Waals surface area contributed by atoms with Gasteiger partial charge in [-0.3, -0.25) is 4.79 Å². The molecule has 1 atom stereocenters. The topological polar surface area (TPSA) is 63.2 Å². The monoisotopic (exact) mass is 345 g/mol. The molecule has 0 spiro atoms. The highest BCUT2D eigenvalue weighted by atomic mass is 32.2.